The summed E-state index contributed by atoms with van der Waals surface area (Å²) in [7, 11) is 3.66. The molecule has 1 amide bonds. The summed E-state index contributed by atoms with van der Waals surface area (Å²) < 4.78 is 0. The van der Waals surface area contributed by atoms with E-state index in [4.69, 9.17) is 11.5 Å². The highest BCUT2D eigenvalue weighted by molar-refractivity contribution is 6.21. The molecule has 200 valence electrons. The number of nitrogen functional groups attached to an aromatic ring is 1. The zero-order valence-electron chi connectivity index (χ0n) is 21.8. The minimum Gasteiger partial charge on any atom is -0.511 e. The predicted molar refractivity (Wildman–Crippen MR) is 146 cm³/mol. The summed E-state index contributed by atoms with van der Waals surface area (Å²) in [6.45, 7) is 1.83. The number of aliphatic hydroxyl groups excluding tert-OH is 2. The van der Waals surface area contributed by atoms with Crippen molar-refractivity contribution in [2.24, 2.45) is 23.0 Å². The lowest BCUT2D eigenvalue weighted by atomic mass is 9.55. The Labute approximate surface area is 225 Å². The van der Waals surface area contributed by atoms with Gasteiger partial charge in [0.25, 0.3) is 5.91 Å². The van der Waals surface area contributed by atoms with Crippen molar-refractivity contribution in [1.29, 1.82) is 0 Å². The Morgan fingerprint density at radius 3 is 2.38 bits per heavy atom. The lowest BCUT2D eigenvalue weighted by Crippen LogP contribution is -2.48. The number of primary amides is 1. The maximum atomic E-state index is 13.9. The molecule has 0 radical (unpaired) electrons. The van der Waals surface area contributed by atoms with Crippen LogP contribution in [0, 0.1) is 29.1 Å². The number of aliphatic hydroxyl groups is 2. The van der Waals surface area contributed by atoms with Gasteiger partial charge in [0.1, 0.15) is 22.8 Å². The largest absolute Gasteiger partial charge is 0.511 e. The van der Waals surface area contributed by atoms with Crippen LogP contribution >= 0.6 is 0 Å². The van der Waals surface area contributed by atoms with Gasteiger partial charge in [0.2, 0.25) is 0 Å². The first-order valence-electron chi connectivity index (χ1n) is 12.5. The first kappa shape index (κ1) is 25.9. The van der Waals surface area contributed by atoms with Gasteiger partial charge in [-0.05, 0) is 54.7 Å². The second-order valence-corrected chi connectivity index (χ2v) is 10.9. The van der Waals surface area contributed by atoms with Gasteiger partial charge < -0.3 is 31.7 Å². The number of hydrogen-bond acceptors (Lipinski definition) is 8. The van der Waals surface area contributed by atoms with E-state index in [1.807, 2.05) is 25.9 Å². The molecule has 3 atom stereocenters. The average molecular weight is 528 g/mol. The number of nitrogens with zero attached hydrogens (tertiary/aromatic N) is 1. The van der Waals surface area contributed by atoms with Crippen LogP contribution in [0.2, 0.25) is 0 Å². The number of anilines is 2. The molecule has 3 aliphatic rings. The summed E-state index contributed by atoms with van der Waals surface area (Å²) in [6.07, 6.45) is 0.488. The van der Waals surface area contributed by atoms with Gasteiger partial charge in [0.15, 0.2) is 11.6 Å². The number of phenolic OH excluding ortho intramolecular Hbond substituents is 1. The summed E-state index contributed by atoms with van der Waals surface area (Å²) in [4.78, 5) is 40.1. The zero-order chi connectivity index (χ0) is 28.4. The van der Waals surface area contributed by atoms with Crippen molar-refractivity contribution >= 4 is 34.6 Å². The predicted octanol–water partition coefficient (Wildman–Crippen LogP) is 2.75. The Hall–Kier alpha value is -4.71. The molecule has 9 nitrogen and oxygen atoms in total. The SMILES string of the molecule is CN(C)c1cc(C#Cc2ccc(N)cc2)c(O)c2c1CC1(C)CC3CC(=O)C(C(N)=O)=C(O)C3C(=O)C1=C2O. The average Bonchev–Trinajstić information content (AvgIpc) is 2.83. The van der Waals surface area contributed by atoms with Gasteiger partial charge in [-0.1, -0.05) is 18.8 Å². The minimum absolute atomic E-state index is 0.0459. The molecule has 2 aromatic rings. The number of amides is 1. The molecule has 1 saturated carbocycles. The van der Waals surface area contributed by atoms with Gasteiger partial charge in [-0.2, -0.15) is 0 Å². The molecule has 1 fully saturated rings. The van der Waals surface area contributed by atoms with E-state index in [0.29, 0.717) is 35.3 Å². The van der Waals surface area contributed by atoms with Crippen LogP contribution in [-0.4, -0.2) is 46.9 Å². The van der Waals surface area contributed by atoms with Crippen molar-refractivity contribution < 1.29 is 29.7 Å². The highest BCUT2D eigenvalue weighted by Gasteiger charge is 2.55. The van der Waals surface area contributed by atoms with Crippen LogP contribution in [0.3, 0.4) is 0 Å². The van der Waals surface area contributed by atoms with Crippen LogP contribution < -0.4 is 16.4 Å². The van der Waals surface area contributed by atoms with Gasteiger partial charge in [-0.3, -0.25) is 14.4 Å². The van der Waals surface area contributed by atoms with Crippen LogP contribution in [0.4, 0.5) is 11.4 Å². The number of benzene rings is 2. The molecular weight excluding hydrogens is 498 g/mol. The Kier molecular flexibility index (Phi) is 5.95. The van der Waals surface area contributed by atoms with Crippen molar-refractivity contribution in [2.45, 2.75) is 26.2 Å². The van der Waals surface area contributed by atoms with Crippen molar-refractivity contribution in [1.82, 2.24) is 0 Å². The fourth-order valence-electron chi connectivity index (χ4n) is 6.32. The van der Waals surface area contributed by atoms with Crippen LogP contribution in [0.25, 0.3) is 5.76 Å². The maximum absolute atomic E-state index is 13.9. The number of aromatic hydroxyl groups is 1. The molecular formula is C30H29N3O6. The van der Waals surface area contributed by atoms with Crippen LogP contribution in [0.1, 0.15) is 42.0 Å². The maximum Gasteiger partial charge on any atom is 0.255 e. The third kappa shape index (κ3) is 4.00. The van der Waals surface area contributed by atoms with E-state index < -0.39 is 51.8 Å². The minimum atomic E-state index is -1.18. The van der Waals surface area contributed by atoms with E-state index in [-0.39, 0.29) is 28.9 Å². The highest BCUT2D eigenvalue weighted by atomic mass is 16.3. The van der Waals surface area contributed by atoms with Crippen molar-refractivity contribution in [3.8, 4) is 17.6 Å². The highest BCUT2D eigenvalue weighted by Crippen LogP contribution is 2.57. The van der Waals surface area contributed by atoms with Crippen molar-refractivity contribution in [3.05, 3.63) is 69.5 Å². The Morgan fingerprint density at radius 2 is 1.77 bits per heavy atom. The normalized spacial score (nSPS) is 23.9. The fourth-order valence-corrected chi connectivity index (χ4v) is 6.32. The molecule has 0 heterocycles. The topological polar surface area (TPSA) is 167 Å². The number of ketones is 2. The van der Waals surface area contributed by atoms with Crippen LogP contribution in [-0.2, 0) is 20.8 Å². The van der Waals surface area contributed by atoms with Crippen molar-refractivity contribution in [3.63, 3.8) is 0 Å². The number of Topliss-reactive ketones (excluding diaryl/α,β-unsaturated/α-hetero) is 2. The summed E-state index contributed by atoms with van der Waals surface area (Å²) >= 11 is 0. The third-order valence-corrected chi connectivity index (χ3v) is 8.00. The Morgan fingerprint density at radius 1 is 1.10 bits per heavy atom. The summed E-state index contributed by atoms with van der Waals surface area (Å²) in [5.41, 5.74) is 12.6. The number of allylic oxidation sites excluding steroid dienone is 2. The second-order valence-electron chi connectivity index (χ2n) is 10.9. The number of rotatable bonds is 2. The Balaban J connectivity index is 1.70. The summed E-state index contributed by atoms with van der Waals surface area (Å²) in [5, 5.41) is 33.7. The van der Waals surface area contributed by atoms with Gasteiger partial charge >= 0.3 is 0 Å². The van der Waals surface area contributed by atoms with E-state index >= 15 is 0 Å². The van der Waals surface area contributed by atoms with Gasteiger partial charge in [-0.15, -0.1) is 0 Å². The fraction of sp³-hybridized carbons (Fsp3) is 0.300. The van der Waals surface area contributed by atoms with E-state index in [2.05, 4.69) is 11.8 Å². The van der Waals surface area contributed by atoms with Crippen molar-refractivity contribution in [2.75, 3.05) is 24.7 Å². The number of carbonyl (C=O) groups is 3. The quantitative estimate of drug-likeness (QED) is 0.226. The number of fused-ring (bicyclic) bond motifs is 3. The number of carbonyl (C=O) groups excluding carboxylic acids is 3. The number of hydrogen-bond donors (Lipinski definition) is 5. The number of phenols is 1. The molecule has 0 saturated heterocycles. The third-order valence-electron chi connectivity index (χ3n) is 8.00. The molecule has 7 N–H and O–H groups in total. The lowest BCUT2D eigenvalue weighted by molar-refractivity contribution is -0.128. The van der Waals surface area contributed by atoms with E-state index in [1.165, 1.54) is 0 Å². The summed E-state index contributed by atoms with van der Waals surface area (Å²) in [5.74, 6) is 0.612. The van der Waals surface area contributed by atoms with Gasteiger partial charge in [-0.25, -0.2) is 0 Å². The molecule has 0 aliphatic heterocycles. The molecule has 3 unspecified atom stereocenters. The Bertz CT molecular complexity index is 1590. The molecule has 2 aromatic carbocycles. The monoisotopic (exact) mass is 527 g/mol. The molecule has 0 aromatic heterocycles. The zero-order valence-corrected chi connectivity index (χ0v) is 21.8. The smallest absolute Gasteiger partial charge is 0.255 e. The molecule has 5 rings (SSSR count). The van der Waals surface area contributed by atoms with Gasteiger partial charge in [0, 0.05) is 48.4 Å². The second kappa shape index (κ2) is 8.95. The standard InChI is InChI=1S/C30H29N3O6/c1-30-12-16-11-20(34)23(29(32)39)26(36)21(16)27(37)24(30)28(38)22-18(13-30)19(33(2)3)10-15(25(22)35)7-4-14-5-8-17(31)9-6-14/h5-6,8-10,16,21,35-36,38H,11-13,31H2,1-3H3,(H2,32,39). The summed E-state index contributed by atoms with van der Waals surface area (Å²) in [6, 6.07) is 8.68. The lowest BCUT2D eigenvalue weighted by Gasteiger charge is -2.47. The molecule has 9 heteroatoms. The first-order chi connectivity index (χ1) is 18.3. The van der Waals surface area contributed by atoms with E-state index in [0.717, 1.165) is 0 Å². The van der Waals surface area contributed by atoms with E-state index in [1.54, 1.807) is 30.3 Å². The molecule has 39 heavy (non-hydrogen) atoms. The van der Waals surface area contributed by atoms with Crippen LogP contribution in [0.15, 0.2) is 47.2 Å². The molecule has 0 bridgehead atoms. The first-order valence-corrected chi connectivity index (χ1v) is 12.5. The number of nitrogens with two attached hydrogens (primary N) is 2. The van der Waals surface area contributed by atoms with Gasteiger partial charge in [0.05, 0.1) is 17.0 Å². The molecule has 3 aliphatic carbocycles. The van der Waals surface area contributed by atoms with Crippen LogP contribution in [0.5, 0.6) is 5.75 Å². The molecule has 0 spiro atoms. The van der Waals surface area contributed by atoms with E-state index in [9.17, 15) is 29.7 Å².